The molecule has 4 nitrogen and oxygen atoms in total. The van der Waals surface area contributed by atoms with Gasteiger partial charge in [0.25, 0.3) is 0 Å². The molecule has 22 heavy (non-hydrogen) atoms. The number of carbonyl (C=O) groups excluding carboxylic acids is 1. The molecule has 112 valence electrons. The van der Waals surface area contributed by atoms with Crippen molar-refractivity contribution in [3.05, 3.63) is 65.4 Å². The molecule has 2 aromatic carbocycles. The Morgan fingerprint density at radius 3 is 2.68 bits per heavy atom. The van der Waals surface area contributed by atoms with E-state index in [0.29, 0.717) is 11.3 Å². The summed E-state index contributed by atoms with van der Waals surface area (Å²) in [6, 6.07) is 15.7. The molecule has 3 rings (SSSR count). The lowest BCUT2D eigenvalue weighted by Gasteiger charge is -2.14. The number of amides is 1. The molecule has 0 radical (unpaired) electrons. The minimum Gasteiger partial charge on any atom is -0.356 e. The number of carbonyl (C=O) groups is 1. The van der Waals surface area contributed by atoms with Crippen molar-refractivity contribution >= 4 is 16.9 Å². The van der Waals surface area contributed by atoms with E-state index >= 15 is 0 Å². The molecule has 0 fully saturated rings. The number of rotatable bonds is 4. The van der Waals surface area contributed by atoms with E-state index in [0.717, 1.165) is 10.9 Å². The van der Waals surface area contributed by atoms with Crippen LogP contribution in [0.5, 0.6) is 0 Å². The smallest absolute Gasteiger partial charge is 0.226 e. The standard InChI is InChI=1S/C18H18N2O2/c1-12-7-9-14(10-8-12)13(2)19-18(21)11-16-15-5-3-4-6-17(15)22-20-16/h3-10,13H,11H2,1-2H3,(H,19,21). The molecule has 0 aliphatic heterocycles. The highest BCUT2D eigenvalue weighted by atomic mass is 16.5. The first-order chi connectivity index (χ1) is 10.6. The van der Waals surface area contributed by atoms with Gasteiger partial charge >= 0.3 is 0 Å². The van der Waals surface area contributed by atoms with Gasteiger partial charge in [-0.25, -0.2) is 0 Å². The number of aromatic nitrogens is 1. The Morgan fingerprint density at radius 1 is 1.18 bits per heavy atom. The monoisotopic (exact) mass is 294 g/mol. The molecule has 1 atom stereocenters. The maximum absolute atomic E-state index is 12.2. The fourth-order valence-electron chi connectivity index (χ4n) is 2.45. The number of fused-ring (bicyclic) bond motifs is 1. The van der Waals surface area contributed by atoms with Crippen LogP contribution in [0.25, 0.3) is 11.0 Å². The number of hydrogen-bond acceptors (Lipinski definition) is 3. The van der Waals surface area contributed by atoms with Crippen molar-refractivity contribution in [1.29, 1.82) is 0 Å². The third-order valence-corrected chi connectivity index (χ3v) is 3.73. The molecule has 1 heterocycles. The first-order valence-corrected chi connectivity index (χ1v) is 7.32. The van der Waals surface area contributed by atoms with Gasteiger partial charge < -0.3 is 9.84 Å². The zero-order chi connectivity index (χ0) is 15.5. The van der Waals surface area contributed by atoms with Gasteiger partial charge in [-0.15, -0.1) is 0 Å². The van der Waals surface area contributed by atoms with Crippen molar-refractivity contribution in [3.8, 4) is 0 Å². The molecule has 0 aliphatic rings. The molecule has 1 N–H and O–H groups in total. The maximum Gasteiger partial charge on any atom is 0.226 e. The van der Waals surface area contributed by atoms with Gasteiger partial charge in [0.05, 0.1) is 12.5 Å². The van der Waals surface area contributed by atoms with E-state index in [1.807, 2.05) is 62.4 Å². The molecular formula is C18H18N2O2. The Morgan fingerprint density at radius 2 is 1.91 bits per heavy atom. The topological polar surface area (TPSA) is 55.1 Å². The first kappa shape index (κ1) is 14.3. The summed E-state index contributed by atoms with van der Waals surface area (Å²) < 4.78 is 5.22. The van der Waals surface area contributed by atoms with Crippen LogP contribution in [0, 0.1) is 6.92 Å². The van der Waals surface area contributed by atoms with Crippen molar-refractivity contribution in [1.82, 2.24) is 10.5 Å². The maximum atomic E-state index is 12.2. The van der Waals surface area contributed by atoms with E-state index in [1.165, 1.54) is 5.56 Å². The van der Waals surface area contributed by atoms with Gasteiger partial charge in [-0.2, -0.15) is 0 Å². The fourth-order valence-corrected chi connectivity index (χ4v) is 2.45. The van der Waals surface area contributed by atoms with Crippen molar-refractivity contribution in [3.63, 3.8) is 0 Å². The average Bonchev–Trinajstić information content (AvgIpc) is 2.91. The predicted molar refractivity (Wildman–Crippen MR) is 85.4 cm³/mol. The summed E-state index contributed by atoms with van der Waals surface area (Å²) in [6.45, 7) is 4.02. The number of benzene rings is 2. The van der Waals surface area contributed by atoms with Crippen molar-refractivity contribution in [2.75, 3.05) is 0 Å². The zero-order valence-corrected chi connectivity index (χ0v) is 12.7. The zero-order valence-electron chi connectivity index (χ0n) is 12.7. The lowest BCUT2D eigenvalue weighted by Crippen LogP contribution is -2.28. The molecule has 0 spiro atoms. The molecule has 0 bridgehead atoms. The van der Waals surface area contributed by atoms with Crippen molar-refractivity contribution < 1.29 is 9.32 Å². The highest BCUT2D eigenvalue weighted by Crippen LogP contribution is 2.19. The Kier molecular flexibility index (Phi) is 3.92. The Labute approximate surface area is 129 Å². The lowest BCUT2D eigenvalue weighted by molar-refractivity contribution is -0.121. The van der Waals surface area contributed by atoms with Crippen molar-refractivity contribution in [2.45, 2.75) is 26.3 Å². The molecule has 4 heteroatoms. The predicted octanol–water partition coefficient (Wildman–Crippen LogP) is 3.56. The van der Waals surface area contributed by atoms with Crippen LogP contribution in [0.3, 0.4) is 0 Å². The summed E-state index contributed by atoms with van der Waals surface area (Å²) in [6.07, 6.45) is 0.215. The van der Waals surface area contributed by atoms with E-state index in [2.05, 4.69) is 10.5 Å². The molecule has 1 unspecified atom stereocenters. The van der Waals surface area contributed by atoms with E-state index in [4.69, 9.17) is 4.52 Å². The molecule has 0 saturated carbocycles. The van der Waals surface area contributed by atoms with Gasteiger partial charge in [-0.1, -0.05) is 47.1 Å². The average molecular weight is 294 g/mol. The Balaban J connectivity index is 1.68. The molecule has 0 aliphatic carbocycles. The number of nitrogens with zero attached hydrogens (tertiary/aromatic N) is 1. The molecular weight excluding hydrogens is 276 g/mol. The first-order valence-electron chi connectivity index (χ1n) is 7.32. The van der Waals surface area contributed by atoms with Gasteiger partial charge in [-0.05, 0) is 31.5 Å². The highest BCUT2D eigenvalue weighted by molar-refractivity contribution is 5.86. The van der Waals surface area contributed by atoms with Gasteiger partial charge in [0.1, 0.15) is 5.69 Å². The summed E-state index contributed by atoms with van der Waals surface area (Å²) in [5.74, 6) is -0.0628. The van der Waals surface area contributed by atoms with E-state index in [-0.39, 0.29) is 18.4 Å². The summed E-state index contributed by atoms with van der Waals surface area (Å²) in [7, 11) is 0. The van der Waals surface area contributed by atoms with Gasteiger partial charge in [0.15, 0.2) is 5.58 Å². The molecule has 1 amide bonds. The third kappa shape index (κ3) is 3.01. The Bertz CT molecular complexity index is 790. The second-order valence-corrected chi connectivity index (χ2v) is 5.50. The molecule has 1 aromatic heterocycles. The van der Waals surface area contributed by atoms with Gasteiger partial charge in [-0.3, -0.25) is 4.79 Å². The number of hydrogen-bond donors (Lipinski definition) is 1. The van der Waals surface area contributed by atoms with Crippen LogP contribution in [0.1, 0.15) is 29.8 Å². The molecule has 0 saturated heterocycles. The third-order valence-electron chi connectivity index (χ3n) is 3.73. The van der Waals surface area contributed by atoms with Gasteiger partial charge in [0, 0.05) is 5.39 Å². The quantitative estimate of drug-likeness (QED) is 0.800. The van der Waals surface area contributed by atoms with Crippen LogP contribution in [0.15, 0.2) is 53.1 Å². The van der Waals surface area contributed by atoms with Crippen molar-refractivity contribution in [2.24, 2.45) is 0 Å². The number of nitrogens with one attached hydrogen (secondary N) is 1. The van der Waals surface area contributed by atoms with Crippen LogP contribution in [0.2, 0.25) is 0 Å². The van der Waals surface area contributed by atoms with Crippen LogP contribution in [0.4, 0.5) is 0 Å². The second kappa shape index (κ2) is 6.02. The van der Waals surface area contributed by atoms with E-state index < -0.39 is 0 Å². The fraction of sp³-hybridized carbons (Fsp3) is 0.222. The lowest BCUT2D eigenvalue weighted by atomic mass is 10.1. The van der Waals surface area contributed by atoms with Crippen LogP contribution in [-0.4, -0.2) is 11.1 Å². The number of para-hydroxylation sites is 1. The van der Waals surface area contributed by atoms with Crippen LogP contribution in [-0.2, 0) is 11.2 Å². The van der Waals surface area contributed by atoms with Crippen LogP contribution < -0.4 is 5.32 Å². The summed E-state index contributed by atoms with van der Waals surface area (Å²) >= 11 is 0. The van der Waals surface area contributed by atoms with Gasteiger partial charge in [0.2, 0.25) is 5.91 Å². The summed E-state index contributed by atoms with van der Waals surface area (Å²) in [4.78, 5) is 12.2. The highest BCUT2D eigenvalue weighted by Gasteiger charge is 2.14. The SMILES string of the molecule is Cc1ccc(C(C)NC(=O)Cc2noc3ccccc23)cc1. The van der Waals surface area contributed by atoms with Crippen LogP contribution >= 0.6 is 0 Å². The summed E-state index contributed by atoms with van der Waals surface area (Å²) in [5.41, 5.74) is 3.67. The van der Waals surface area contributed by atoms with E-state index in [9.17, 15) is 4.79 Å². The van der Waals surface area contributed by atoms with E-state index in [1.54, 1.807) is 0 Å². The summed E-state index contributed by atoms with van der Waals surface area (Å²) in [5, 5.41) is 7.88. The largest absolute Gasteiger partial charge is 0.356 e. The minimum absolute atomic E-state index is 0.0359. The normalized spacial score (nSPS) is 12.3. The number of aryl methyl sites for hydroxylation is 1. The Hall–Kier alpha value is -2.62. The second-order valence-electron chi connectivity index (χ2n) is 5.50. The molecule has 3 aromatic rings. The minimum atomic E-state index is -0.0628.